The van der Waals surface area contributed by atoms with Gasteiger partial charge in [0.25, 0.3) is 0 Å². The lowest BCUT2D eigenvalue weighted by molar-refractivity contribution is -0.161. The van der Waals surface area contributed by atoms with Gasteiger partial charge in [0.15, 0.2) is 11.6 Å². The number of likely N-dealkylation sites (tertiary alicyclic amines) is 1. The molecule has 1 amide bonds. The molecule has 24 heavy (non-hydrogen) atoms. The first-order valence-corrected chi connectivity index (χ1v) is 7.86. The summed E-state index contributed by atoms with van der Waals surface area (Å²) in [4.78, 5) is 25.4. The van der Waals surface area contributed by atoms with Crippen LogP contribution in [0.1, 0.15) is 32.3 Å². The van der Waals surface area contributed by atoms with E-state index in [9.17, 15) is 19.1 Å². The number of carbonyl (C=O) groups excluding carboxylic acids is 1. The summed E-state index contributed by atoms with van der Waals surface area (Å²) in [6, 6.07) is 4.34. The van der Waals surface area contributed by atoms with Gasteiger partial charge in [-0.3, -0.25) is 4.79 Å². The molecule has 0 aromatic heterocycles. The third-order valence-electron chi connectivity index (χ3n) is 4.08. The summed E-state index contributed by atoms with van der Waals surface area (Å²) in [5.74, 6) is -1.95. The molecule has 130 valence electrons. The summed E-state index contributed by atoms with van der Waals surface area (Å²) in [6.07, 6.45) is 1.74. The van der Waals surface area contributed by atoms with Crippen LogP contribution in [0.25, 0.3) is 0 Å². The number of carbonyl (C=O) groups is 2. The molecule has 0 bridgehead atoms. The SMILES string of the molecule is CC(C)=CC(=O)N1CCC(Oc2cc(C)ccc2F)(C(=O)O)CC1. The van der Waals surface area contributed by atoms with Crippen LogP contribution in [0.2, 0.25) is 0 Å². The first-order valence-electron chi connectivity index (χ1n) is 7.86. The lowest BCUT2D eigenvalue weighted by atomic mass is 9.91. The van der Waals surface area contributed by atoms with Crippen molar-refractivity contribution in [2.75, 3.05) is 13.1 Å². The second-order valence-corrected chi connectivity index (χ2v) is 6.38. The van der Waals surface area contributed by atoms with Crippen molar-refractivity contribution in [1.29, 1.82) is 0 Å². The smallest absolute Gasteiger partial charge is 0.348 e. The second kappa shape index (κ2) is 7.03. The molecule has 1 aromatic carbocycles. The van der Waals surface area contributed by atoms with E-state index >= 15 is 0 Å². The molecule has 1 heterocycles. The Morgan fingerprint density at radius 2 is 1.92 bits per heavy atom. The number of rotatable bonds is 4. The molecule has 0 unspecified atom stereocenters. The number of halogens is 1. The number of carboxylic acid groups (broad SMARTS) is 1. The summed E-state index contributed by atoms with van der Waals surface area (Å²) in [7, 11) is 0. The molecule has 0 saturated carbocycles. The Morgan fingerprint density at radius 3 is 2.46 bits per heavy atom. The highest BCUT2D eigenvalue weighted by molar-refractivity contribution is 5.88. The van der Waals surface area contributed by atoms with E-state index in [-0.39, 0.29) is 37.6 Å². The van der Waals surface area contributed by atoms with Gasteiger partial charge in [-0.25, -0.2) is 9.18 Å². The van der Waals surface area contributed by atoms with Gasteiger partial charge in [0.2, 0.25) is 11.5 Å². The van der Waals surface area contributed by atoms with Crippen LogP contribution in [-0.4, -0.2) is 40.6 Å². The Kier molecular flexibility index (Phi) is 5.26. The van der Waals surface area contributed by atoms with Crippen LogP contribution >= 0.6 is 0 Å². The van der Waals surface area contributed by atoms with Crippen LogP contribution in [-0.2, 0) is 9.59 Å². The first kappa shape index (κ1) is 18.0. The number of amides is 1. The number of carboxylic acids is 1. The molecule has 1 aliphatic rings. The zero-order chi connectivity index (χ0) is 17.9. The quantitative estimate of drug-likeness (QED) is 0.859. The number of hydrogen-bond acceptors (Lipinski definition) is 3. The minimum atomic E-state index is -1.52. The number of aliphatic carboxylic acids is 1. The first-order chi connectivity index (χ1) is 11.2. The molecule has 5 nitrogen and oxygen atoms in total. The third-order valence-corrected chi connectivity index (χ3v) is 4.08. The van der Waals surface area contributed by atoms with Gasteiger partial charge in [0.1, 0.15) is 0 Å². The minimum Gasteiger partial charge on any atom is -0.478 e. The number of ether oxygens (including phenoxy) is 1. The number of benzene rings is 1. The van der Waals surface area contributed by atoms with E-state index in [1.165, 1.54) is 18.2 Å². The molecular weight excluding hydrogens is 313 g/mol. The highest BCUT2D eigenvalue weighted by Gasteiger charge is 2.45. The van der Waals surface area contributed by atoms with Crippen LogP contribution in [0.3, 0.4) is 0 Å². The Bertz CT molecular complexity index is 672. The Balaban J connectivity index is 2.17. The van der Waals surface area contributed by atoms with Crippen molar-refractivity contribution in [1.82, 2.24) is 4.90 Å². The van der Waals surface area contributed by atoms with E-state index in [0.717, 1.165) is 11.1 Å². The van der Waals surface area contributed by atoms with E-state index in [1.807, 2.05) is 13.8 Å². The second-order valence-electron chi connectivity index (χ2n) is 6.38. The van der Waals surface area contributed by atoms with Crippen molar-refractivity contribution >= 4 is 11.9 Å². The zero-order valence-corrected chi connectivity index (χ0v) is 14.1. The Morgan fingerprint density at radius 1 is 1.29 bits per heavy atom. The van der Waals surface area contributed by atoms with Crippen molar-refractivity contribution in [2.24, 2.45) is 0 Å². The number of nitrogens with zero attached hydrogens (tertiary/aromatic N) is 1. The molecule has 0 spiro atoms. The van der Waals surface area contributed by atoms with Gasteiger partial charge in [0, 0.05) is 32.0 Å². The number of aryl methyl sites for hydroxylation is 1. The van der Waals surface area contributed by atoms with E-state index in [4.69, 9.17) is 4.74 Å². The summed E-state index contributed by atoms with van der Waals surface area (Å²) < 4.78 is 19.5. The lowest BCUT2D eigenvalue weighted by Gasteiger charge is -2.38. The van der Waals surface area contributed by atoms with Gasteiger partial charge >= 0.3 is 5.97 Å². The third kappa shape index (κ3) is 3.93. The van der Waals surface area contributed by atoms with Crippen LogP contribution in [0.5, 0.6) is 5.75 Å². The molecule has 2 rings (SSSR count). The lowest BCUT2D eigenvalue weighted by Crippen LogP contribution is -2.54. The highest BCUT2D eigenvalue weighted by atomic mass is 19.1. The maximum Gasteiger partial charge on any atom is 0.348 e. The number of piperidine rings is 1. The molecular formula is C18H22FNO4. The molecule has 6 heteroatoms. The number of hydrogen-bond donors (Lipinski definition) is 1. The van der Waals surface area contributed by atoms with E-state index in [0.29, 0.717) is 0 Å². The van der Waals surface area contributed by atoms with E-state index < -0.39 is 17.4 Å². The van der Waals surface area contributed by atoms with Crippen LogP contribution in [0.15, 0.2) is 29.8 Å². The maximum atomic E-state index is 13.9. The molecule has 0 atom stereocenters. The predicted molar refractivity (Wildman–Crippen MR) is 87.4 cm³/mol. The Hall–Kier alpha value is -2.37. The number of allylic oxidation sites excluding steroid dienone is 1. The zero-order valence-electron chi connectivity index (χ0n) is 14.1. The average Bonchev–Trinajstić information content (AvgIpc) is 2.50. The topological polar surface area (TPSA) is 66.8 Å². The van der Waals surface area contributed by atoms with E-state index in [1.54, 1.807) is 17.9 Å². The van der Waals surface area contributed by atoms with Crippen molar-refractivity contribution in [2.45, 2.75) is 39.2 Å². The van der Waals surface area contributed by atoms with Gasteiger partial charge < -0.3 is 14.7 Å². The predicted octanol–water partition coefficient (Wildman–Crippen LogP) is 2.92. The monoisotopic (exact) mass is 335 g/mol. The van der Waals surface area contributed by atoms with Crippen LogP contribution in [0.4, 0.5) is 4.39 Å². The molecule has 1 aromatic rings. The fraction of sp³-hybridized carbons (Fsp3) is 0.444. The summed E-state index contributed by atoms with van der Waals surface area (Å²) in [6.45, 7) is 5.94. The van der Waals surface area contributed by atoms with Gasteiger partial charge in [-0.2, -0.15) is 0 Å². The van der Waals surface area contributed by atoms with Crippen LogP contribution in [0, 0.1) is 12.7 Å². The van der Waals surface area contributed by atoms with Crippen molar-refractivity contribution in [3.63, 3.8) is 0 Å². The van der Waals surface area contributed by atoms with Gasteiger partial charge in [-0.15, -0.1) is 0 Å². The minimum absolute atomic E-state index is 0.0681. The Labute approximate surface area is 140 Å². The van der Waals surface area contributed by atoms with Gasteiger partial charge in [-0.05, 0) is 38.5 Å². The highest BCUT2D eigenvalue weighted by Crippen LogP contribution is 2.31. The molecule has 1 saturated heterocycles. The van der Waals surface area contributed by atoms with E-state index in [2.05, 4.69) is 0 Å². The van der Waals surface area contributed by atoms with Gasteiger partial charge in [-0.1, -0.05) is 11.6 Å². The van der Waals surface area contributed by atoms with Crippen molar-refractivity contribution < 1.29 is 23.8 Å². The normalized spacial score (nSPS) is 16.4. The molecule has 1 fully saturated rings. The molecule has 1 N–H and O–H groups in total. The summed E-state index contributed by atoms with van der Waals surface area (Å²) in [5, 5.41) is 9.62. The van der Waals surface area contributed by atoms with Crippen LogP contribution < -0.4 is 4.74 Å². The van der Waals surface area contributed by atoms with Crippen molar-refractivity contribution in [3.8, 4) is 5.75 Å². The molecule has 0 aliphatic carbocycles. The standard InChI is InChI=1S/C18H22FNO4/c1-12(2)10-16(21)20-8-6-18(7-9-20,17(22)23)24-15-11-13(3)4-5-14(15)19/h4-5,10-11H,6-9H2,1-3H3,(H,22,23). The summed E-state index contributed by atoms with van der Waals surface area (Å²) >= 11 is 0. The maximum absolute atomic E-state index is 13.9. The summed E-state index contributed by atoms with van der Waals surface area (Å²) in [5.41, 5.74) is 0.146. The molecule has 1 aliphatic heterocycles. The fourth-order valence-electron chi connectivity index (χ4n) is 2.69. The van der Waals surface area contributed by atoms with Crippen molar-refractivity contribution in [3.05, 3.63) is 41.2 Å². The fourth-order valence-corrected chi connectivity index (χ4v) is 2.69. The molecule has 0 radical (unpaired) electrons. The largest absolute Gasteiger partial charge is 0.478 e. The van der Waals surface area contributed by atoms with Gasteiger partial charge in [0.05, 0.1) is 0 Å². The average molecular weight is 335 g/mol.